The van der Waals surface area contributed by atoms with Crippen LogP contribution in [0.1, 0.15) is 29.4 Å². The predicted octanol–water partition coefficient (Wildman–Crippen LogP) is 1.99. The van der Waals surface area contributed by atoms with Crippen LogP contribution in [0.3, 0.4) is 0 Å². The van der Waals surface area contributed by atoms with Gasteiger partial charge in [0.25, 0.3) is 0 Å². The van der Waals surface area contributed by atoms with Crippen LogP contribution in [-0.4, -0.2) is 14.9 Å². The molecule has 0 aliphatic rings. The summed E-state index contributed by atoms with van der Waals surface area (Å²) in [7, 11) is 0. The van der Waals surface area contributed by atoms with Crippen LogP contribution in [0.5, 0.6) is 0 Å². The number of hydrogen-bond acceptors (Lipinski definition) is 3. The van der Waals surface area contributed by atoms with E-state index in [4.69, 9.17) is 5.11 Å². The van der Waals surface area contributed by atoms with Gasteiger partial charge in [0.05, 0.1) is 18.0 Å². The molecule has 19 heavy (non-hydrogen) atoms. The van der Waals surface area contributed by atoms with E-state index in [1.165, 1.54) is 11.3 Å². The lowest BCUT2D eigenvalue weighted by molar-refractivity contribution is 0.282. The summed E-state index contributed by atoms with van der Waals surface area (Å²) in [6.07, 6.45) is 0. The zero-order valence-electron chi connectivity index (χ0n) is 11.6. The number of benzene rings is 1. The van der Waals surface area contributed by atoms with Crippen molar-refractivity contribution in [2.45, 2.75) is 40.1 Å². The number of aliphatic hydroxyl groups excluding tert-OH is 1. The van der Waals surface area contributed by atoms with Crippen molar-refractivity contribution in [3.8, 4) is 0 Å². The summed E-state index contributed by atoms with van der Waals surface area (Å²) in [6, 6.07) is 10.1. The highest BCUT2D eigenvalue weighted by molar-refractivity contribution is 5.21. The molecule has 1 heterocycles. The SMILES string of the molecule is CCn1nc(C)cc1CNCc1ccc(CO)cc1. The molecule has 0 atom stereocenters. The van der Waals surface area contributed by atoms with E-state index in [0.717, 1.165) is 30.9 Å². The zero-order chi connectivity index (χ0) is 13.7. The van der Waals surface area contributed by atoms with E-state index < -0.39 is 0 Å². The minimum absolute atomic E-state index is 0.0999. The van der Waals surface area contributed by atoms with Gasteiger partial charge in [0, 0.05) is 19.6 Å². The number of nitrogens with one attached hydrogen (secondary N) is 1. The van der Waals surface area contributed by atoms with Crippen LogP contribution < -0.4 is 5.32 Å². The Bertz CT molecular complexity index is 517. The molecule has 102 valence electrons. The van der Waals surface area contributed by atoms with Gasteiger partial charge in [-0.2, -0.15) is 5.10 Å². The average molecular weight is 259 g/mol. The summed E-state index contributed by atoms with van der Waals surface area (Å²) in [5, 5.41) is 16.8. The number of hydrogen-bond donors (Lipinski definition) is 2. The molecule has 1 aromatic heterocycles. The van der Waals surface area contributed by atoms with Crippen LogP contribution in [0.15, 0.2) is 30.3 Å². The van der Waals surface area contributed by atoms with Gasteiger partial charge in [-0.1, -0.05) is 24.3 Å². The number of aliphatic hydroxyl groups is 1. The summed E-state index contributed by atoms with van der Waals surface area (Å²) in [6.45, 7) is 6.75. The topological polar surface area (TPSA) is 50.1 Å². The van der Waals surface area contributed by atoms with E-state index in [2.05, 4.69) is 23.4 Å². The molecule has 0 radical (unpaired) electrons. The van der Waals surface area contributed by atoms with Crippen molar-refractivity contribution in [1.29, 1.82) is 0 Å². The average Bonchev–Trinajstić information content (AvgIpc) is 2.80. The Hall–Kier alpha value is -1.65. The number of aryl methyl sites for hydroxylation is 2. The lowest BCUT2D eigenvalue weighted by Crippen LogP contribution is -2.16. The highest BCUT2D eigenvalue weighted by Gasteiger charge is 2.03. The largest absolute Gasteiger partial charge is 0.392 e. The molecule has 4 nitrogen and oxygen atoms in total. The number of aromatic nitrogens is 2. The van der Waals surface area contributed by atoms with Gasteiger partial charge in [-0.25, -0.2) is 0 Å². The second-order valence-corrected chi connectivity index (χ2v) is 4.67. The van der Waals surface area contributed by atoms with E-state index >= 15 is 0 Å². The van der Waals surface area contributed by atoms with Gasteiger partial charge >= 0.3 is 0 Å². The van der Waals surface area contributed by atoms with Gasteiger partial charge in [-0.05, 0) is 31.0 Å². The van der Waals surface area contributed by atoms with Crippen molar-refractivity contribution in [2.24, 2.45) is 0 Å². The molecular formula is C15H21N3O. The Balaban J connectivity index is 1.88. The third-order valence-electron chi connectivity index (χ3n) is 3.13. The minimum Gasteiger partial charge on any atom is -0.392 e. The fourth-order valence-electron chi connectivity index (χ4n) is 2.11. The molecule has 2 rings (SSSR count). The summed E-state index contributed by atoms with van der Waals surface area (Å²) < 4.78 is 2.02. The standard InChI is InChI=1S/C15H21N3O/c1-3-18-15(8-12(2)17-18)10-16-9-13-4-6-14(11-19)7-5-13/h4-8,16,19H,3,9-11H2,1-2H3. The molecule has 0 unspecified atom stereocenters. The lowest BCUT2D eigenvalue weighted by Gasteiger charge is -2.07. The van der Waals surface area contributed by atoms with Gasteiger partial charge in [0.2, 0.25) is 0 Å². The molecule has 1 aromatic carbocycles. The summed E-state index contributed by atoms with van der Waals surface area (Å²) in [5.74, 6) is 0. The van der Waals surface area contributed by atoms with Gasteiger partial charge < -0.3 is 10.4 Å². The first-order valence-electron chi connectivity index (χ1n) is 6.65. The lowest BCUT2D eigenvalue weighted by atomic mass is 10.1. The Morgan fingerprint density at radius 3 is 2.47 bits per heavy atom. The fourth-order valence-corrected chi connectivity index (χ4v) is 2.11. The Morgan fingerprint density at radius 2 is 1.84 bits per heavy atom. The summed E-state index contributed by atoms with van der Waals surface area (Å²) in [5.41, 5.74) is 4.44. The van der Waals surface area contributed by atoms with Crippen LogP contribution in [0.4, 0.5) is 0 Å². The van der Waals surface area contributed by atoms with Crippen molar-refractivity contribution in [1.82, 2.24) is 15.1 Å². The van der Waals surface area contributed by atoms with Gasteiger partial charge in [0.15, 0.2) is 0 Å². The minimum atomic E-state index is 0.0999. The first-order valence-corrected chi connectivity index (χ1v) is 6.65. The highest BCUT2D eigenvalue weighted by Crippen LogP contribution is 2.06. The van der Waals surface area contributed by atoms with Crippen LogP contribution >= 0.6 is 0 Å². The number of nitrogens with zero attached hydrogens (tertiary/aromatic N) is 2. The molecule has 0 amide bonds. The Morgan fingerprint density at radius 1 is 1.16 bits per heavy atom. The maximum atomic E-state index is 8.99. The molecule has 0 fully saturated rings. The van der Waals surface area contributed by atoms with Gasteiger partial charge in [-0.15, -0.1) is 0 Å². The second kappa shape index (κ2) is 6.50. The zero-order valence-corrected chi connectivity index (χ0v) is 11.6. The van der Waals surface area contributed by atoms with Crippen LogP contribution in [0.2, 0.25) is 0 Å². The second-order valence-electron chi connectivity index (χ2n) is 4.67. The van der Waals surface area contributed by atoms with Gasteiger partial charge in [-0.3, -0.25) is 4.68 Å². The monoisotopic (exact) mass is 259 g/mol. The molecular weight excluding hydrogens is 238 g/mol. The van der Waals surface area contributed by atoms with Crippen molar-refractivity contribution in [2.75, 3.05) is 0 Å². The molecule has 4 heteroatoms. The highest BCUT2D eigenvalue weighted by atomic mass is 16.3. The van der Waals surface area contributed by atoms with Crippen molar-refractivity contribution in [3.05, 3.63) is 52.8 Å². The Labute approximate surface area is 114 Å². The fraction of sp³-hybridized carbons (Fsp3) is 0.400. The summed E-state index contributed by atoms with van der Waals surface area (Å²) in [4.78, 5) is 0. The molecule has 2 aromatic rings. The Kier molecular flexibility index (Phi) is 4.71. The first kappa shape index (κ1) is 13.8. The summed E-state index contributed by atoms with van der Waals surface area (Å²) >= 11 is 0. The van der Waals surface area contributed by atoms with Crippen LogP contribution in [0.25, 0.3) is 0 Å². The third kappa shape index (κ3) is 3.66. The number of rotatable bonds is 6. The quantitative estimate of drug-likeness (QED) is 0.834. The normalized spacial score (nSPS) is 10.9. The molecule has 2 N–H and O–H groups in total. The van der Waals surface area contributed by atoms with E-state index in [-0.39, 0.29) is 6.61 Å². The maximum absolute atomic E-state index is 8.99. The van der Waals surface area contributed by atoms with Crippen molar-refractivity contribution < 1.29 is 5.11 Å². The van der Waals surface area contributed by atoms with Crippen LogP contribution in [-0.2, 0) is 26.2 Å². The molecule has 0 spiro atoms. The molecule has 0 aliphatic carbocycles. The van der Waals surface area contributed by atoms with E-state index in [0.29, 0.717) is 0 Å². The maximum Gasteiger partial charge on any atom is 0.0681 e. The predicted molar refractivity (Wildman–Crippen MR) is 75.5 cm³/mol. The third-order valence-corrected chi connectivity index (χ3v) is 3.13. The molecule has 0 aliphatic heterocycles. The van der Waals surface area contributed by atoms with E-state index in [9.17, 15) is 0 Å². The smallest absolute Gasteiger partial charge is 0.0681 e. The molecule has 0 bridgehead atoms. The molecule has 0 saturated heterocycles. The van der Waals surface area contributed by atoms with Crippen molar-refractivity contribution in [3.63, 3.8) is 0 Å². The van der Waals surface area contributed by atoms with E-state index in [1.54, 1.807) is 0 Å². The molecule has 0 saturated carbocycles. The van der Waals surface area contributed by atoms with Crippen LogP contribution in [0, 0.1) is 6.92 Å². The first-order chi connectivity index (χ1) is 9.22. The van der Waals surface area contributed by atoms with Gasteiger partial charge in [0.1, 0.15) is 0 Å². The van der Waals surface area contributed by atoms with Crippen molar-refractivity contribution >= 4 is 0 Å². The van der Waals surface area contributed by atoms with E-state index in [1.807, 2.05) is 35.9 Å².